The maximum absolute atomic E-state index is 11.8. The minimum absolute atomic E-state index is 0.149. The Bertz CT molecular complexity index is 652. The lowest BCUT2D eigenvalue weighted by Gasteiger charge is -2.42. The van der Waals surface area contributed by atoms with Gasteiger partial charge in [0.05, 0.1) is 12.6 Å². The van der Waals surface area contributed by atoms with Crippen molar-refractivity contribution in [2.24, 2.45) is 11.5 Å². The van der Waals surface area contributed by atoms with E-state index in [9.17, 15) is 14.4 Å². The van der Waals surface area contributed by atoms with Crippen LogP contribution in [-0.4, -0.2) is 48.5 Å². The summed E-state index contributed by atoms with van der Waals surface area (Å²) in [6.07, 6.45) is -4.88. The fourth-order valence-corrected chi connectivity index (χ4v) is 2.65. The first-order chi connectivity index (χ1) is 12.3. The van der Waals surface area contributed by atoms with Crippen LogP contribution in [0.4, 0.5) is 0 Å². The van der Waals surface area contributed by atoms with Crippen molar-refractivity contribution in [3.05, 3.63) is 35.9 Å². The molecular weight excluding hydrogens is 344 g/mol. The molecule has 1 aromatic rings. The van der Waals surface area contributed by atoms with Crippen LogP contribution in [0, 0.1) is 0 Å². The Hall–Kier alpha value is -2.49. The van der Waals surface area contributed by atoms with E-state index in [-0.39, 0.29) is 6.61 Å². The summed E-state index contributed by atoms with van der Waals surface area (Å²) in [4.78, 5) is 34.6. The minimum Gasteiger partial charge on any atom is -0.457 e. The van der Waals surface area contributed by atoms with E-state index < -0.39 is 48.5 Å². The lowest BCUT2D eigenvalue weighted by molar-refractivity contribution is -0.265. The van der Waals surface area contributed by atoms with Crippen molar-refractivity contribution in [2.45, 2.75) is 51.1 Å². The highest BCUT2D eigenvalue weighted by Crippen LogP contribution is 2.26. The van der Waals surface area contributed by atoms with E-state index in [1.54, 1.807) is 0 Å². The topological polar surface area (TPSA) is 140 Å². The van der Waals surface area contributed by atoms with Gasteiger partial charge in [-0.2, -0.15) is 0 Å². The van der Waals surface area contributed by atoms with Gasteiger partial charge in [0.25, 0.3) is 5.91 Å². The van der Waals surface area contributed by atoms with Gasteiger partial charge in [-0.25, -0.2) is 0 Å². The zero-order valence-corrected chi connectivity index (χ0v) is 14.5. The number of carbonyl (C=O) groups excluding carboxylic acids is 3. The Morgan fingerprint density at radius 3 is 2.15 bits per heavy atom. The Kier molecular flexibility index (Phi) is 6.67. The average Bonchev–Trinajstić information content (AvgIpc) is 2.57. The summed E-state index contributed by atoms with van der Waals surface area (Å²) >= 11 is 0. The lowest BCUT2D eigenvalue weighted by Crippen LogP contribution is -2.66. The van der Waals surface area contributed by atoms with Gasteiger partial charge in [-0.1, -0.05) is 30.3 Å². The molecule has 1 saturated heterocycles. The molecule has 0 aromatic heterocycles. The van der Waals surface area contributed by atoms with Crippen LogP contribution < -0.4 is 11.5 Å². The van der Waals surface area contributed by atoms with Gasteiger partial charge in [0.15, 0.2) is 24.6 Å². The van der Waals surface area contributed by atoms with Crippen molar-refractivity contribution in [2.75, 3.05) is 0 Å². The van der Waals surface area contributed by atoms with Gasteiger partial charge in [0, 0.05) is 13.8 Å². The SMILES string of the molecule is CC(=O)O[C@@H]1[C@@H](N)[C@@H](OCc2ccccc2)O[C@H](C(N)=O)[C@H]1OC(C)=O. The van der Waals surface area contributed by atoms with Crippen LogP contribution in [-0.2, 0) is 39.9 Å². The molecule has 1 fully saturated rings. The largest absolute Gasteiger partial charge is 0.457 e. The van der Waals surface area contributed by atoms with E-state index in [4.69, 9.17) is 30.4 Å². The molecule has 0 unspecified atom stereocenters. The highest BCUT2D eigenvalue weighted by molar-refractivity contribution is 5.80. The highest BCUT2D eigenvalue weighted by atomic mass is 16.7. The first-order valence-corrected chi connectivity index (χ1v) is 8.00. The highest BCUT2D eigenvalue weighted by Gasteiger charge is 2.51. The van der Waals surface area contributed by atoms with E-state index in [0.29, 0.717) is 0 Å². The van der Waals surface area contributed by atoms with Gasteiger partial charge in [0.1, 0.15) is 0 Å². The van der Waals surface area contributed by atoms with Gasteiger partial charge < -0.3 is 30.4 Å². The Balaban J connectivity index is 2.20. The van der Waals surface area contributed by atoms with Crippen molar-refractivity contribution >= 4 is 17.8 Å². The molecular formula is C17H22N2O7. The van der Waals surface area contributed by atoms with Crippen molar-refractivity contribution < 1.29 is 33.3 Å². The third-order valence-electron chi connectivity index (χ3n) is 3.74. The molecule has 0 spiro atoms. The third-order valence-corrected chi connectivity index (χ3v) is 3.74. The third kappa shape index (κ3) is 5.01. The number of carbonyl (C=O) groups is 3. The first kappa shape index (κ1) is 19.8. The summed E-state index contributed by atoms with van der Waals surface area (Å²) in [7, 11) is 0. The number of primary amides is 1. The number of rotatable bonds is 6. The van der Waals surface area contributed by atoms with Crippen LogP contribution in [0.15, 0.2) is 30.3 Å². The molecule has 0 aliphatic carbocycles. The molecule has 1 aliphatic heterocycles. The number of amides is 1. The van der Waals surface area contributed by atoms with E-state index in [0.717, 1.165) is 12.5 Å². The zero-order chi connectivity index (χ0) is 19.3. The van der Waals surface area contributed by atoms with Crippen molar-refractivity contribution in [3.63, 3.8) is 0 Å². The normalized spacial score (nSPS) is 28.2. The standard InChI is InChI=1S/C17H22N2O7/c1-9(20)24-13-12(18)17(23-8-11-6-4-3-5-7-11)26-15(16(19)22)14(13)25-10(2)21/h3-7,12-15,17H,8,18H2,1-2H3,(H2,19,22)/t12-,13-,14+,15+,17+/m1/s1. The van der Waals surface area contributed by atoms with E-state index in [2.05, 4.69) is 0 Å². The summed E-state index contributed by atoms with van der Waals surface area (Å²) in [5, 5.41) is 0. The minimum atomic E-state index is -1.37. The first-order valence-electron chi connectivity index (χ1n) is 8.00. The number of esters is 2. The van der Waals surface area contributed by atoms with Gasteiger partial charge in [-0.05, 0) is 5.56 Å². The Labute approximate surface area is 150 Å². The average molecular weight is 366 g/mol. The second-order valence-corrected chi connectivity index (χ2v) is 5.85. The fourth-order valence-electron chi connectivity index (χ4n) is 2.65. The summed E-state index contributed by atoms with van der Waals surface area (Å²) < 4.78 is 21.4. The molecule has 0 saturated carbocycles. The van der Waals surface area contributed by atoms with Crippen LogP contribution in [0.5, 0.6) is 0 Å². The Morgan fingerprint density at radius 1 is 1.04 bits per heavy atom. The summed E-state index contributed by atoms with van der Waals surface area (Å²) in [6.45, 7) is 2.47. The van der Waals surface area contributed by atoms with Crippen LogP contribution in [0.25, 0.3) is 0 Å². The molecule has 9 heteroatoms. The second kappa shape index (κ2) is 8.75. The molecule has 0 radical (unpaired) electrons. The van der Waals surface area contributed by atoms with Crippen LogP contribution in [0.3, 0.4) is 0 Å². The van der Waals surface area contributed by atoms with Crippen LogP contribution in [0.2, 0.25) is 0 Å². The molecule has 1 amide bonds. The van der Waals surface area contributed by atoms with E-state index in [1.165, 1.54) is 6.92 Å². The summed E-state index contributed by atoms with van der Waals surface area (Å²) in [5.74, 6) is -2.25. The predicted octanol–water partition coefficient (Wildman–Crippen LogP) is -0.396. The fraction of sp³-hybridized carbons (Fsp3) is 0.471. The number of hydrogen-bond acceptors (Lipinski definition) is 8. The lowest BCUT2D eigenvalue weighted by atomic mass is 9.96. The predicted molar refractivity (Wildman–Crippen MR) is 88.2 cm³/mol. The molecule has 1 aromatic carbocycles. The molecule has 1 heterocycles. The van der Waals surface area contributed by atoms with Gasteiger partial charge in [-0.3, -0.25) is 14.4 Å². The molecule has 26 heavy (non-hydrogen) atoms. The molecule has 5 atom stereocenters. The molecule has 4 N–H and O–H groups in total. The van der Waals surface area contributed by atoms with Crippen LogP contribution in [0.1, 0.15) is 19.4 Å². The zero-order valence-electron chi connectivity index (χ0n) is 14.5. The number of benzene rings is 1. The maximum Gasteiger partial charge on any atom is 0.303 e. The molecule has 142 valence electrons. The van der Waals surface area contributed by atoms with E-state index in [1.807, 2.05) is 30.3 Å². The van der Waals surface area contributed by atoms with Crippen molar-refractivity contribution in [1.29, 1.82) is 0 Å². The van der Waals surface area contributed by atoms with Crippen molar-refractivity contribution in [3.8, 4) is 0 Å². The molecule has 0 bridgehead atoms. The van der Waals surface area contributed by atoms with E-state index >= 15 is 0 Å². The molecule has 2 rings (SSSR count). The molecule has 9 nitrogen and oxygen atoms in total. The maximum atomic E-state index is 11.8. The quantitative estimate of drug-likeness (QED) is 0.648. The van der Waals surface area contributed by atoms with Gasteiger partial charge >= 0.3 is 11.9 Å². The van der Waals surface area contributed by atoms with Gasteiger partial charge in [0.2, 0.25) is 0 Å². The van der Waals surface area contributed by atoms with Crippen LogP contribution >= 0.6 is 0 Å². The number of hydrogen-bond donors (Lipinski definition) is 2. The van der Waals surface area contributed by atoms with Crippen molar-refractivity contribution in [1.82, 2.24) is 0 Å². The summed E-state index contributed by atoms with van der Waals surface area (Å²) in [5.41, 5.74) is 12.3. The smallest absolute Gasteiger partial charge is 0.303 e. The number of nitrogens with two attached hydrogens (primary N) is 2. The Morgan fingerprint density at radius 2 is 1.62 bits per heavy atom. The summed E-state index contributed by atoms with van der Waals surface area (Å²) in [6, 6.07) is 8.21. The number of ether oxygens (including phenoxy) is 4. The second-order valence-electron chi connectivity index (χ2n) is 5.85. The molecule has 1 aliphatic rings. The van der Waals surface area contributed by atoms with Gasteiger partial charge in [-0.15, -0.1) is 0 Å². The monoisotopic (exact) mass is 366 g/mol.